The molecule has 0 spiro atoms. The number of amides is 5. The Kier molecular flexibility index (Phi) is 6.50. The molecule has 2 aromatic carbocycles. The van der Waals surface area contributed by atoms with Crippen LogP contribution >= 0.6 is 0 Å². The molecule has 0 bridgehead atoms. The van der Waals surface area contributed by atoms with Crippen LogP contribution in [0, 0.1) is 20.8 Å². The van der Waals surface area contributed by atoms with Crippen LogP contribution in [0.3, 0.4) is 0 Å². The van der Waals surface area contributed by atoms with Gasteiger partial charge in [0.05, 0.1) is 0 Å². The summed E-state index contributed by atoms with van der Waals surface area (Å²) in [5.74, 6) is -1.36. The number of urea groups is 1. The lowest BCUT2D eigenvalue weighted by atomic mass is 10.2. The van der Waals surface area contributed by atoms with Gasteiger partial charge in [-0.3, -0.25) is 24.5 Å². The van der Waals surface area contributed by atoms with Gasteiger partial charge in [0, 0.05) is 22.6 Å². The smallest absolute Gasteiger partial charge is 0.324 e. The fourth-order valence-corrected chi connectivity index (χ4v) is 3.78. The van der Waals surface area contributed by atoms with E-state index in [4.69, 9.17) is 0 Å². The first-order valence-electron chi connectivity index (χ1n) is 11.0. The summed E-state index contributed by atoms with van der Waals surface area (Å²) < 4.78 is 1.62. The van der Waals surface area contributed by atoms with Gasteiger partial charge in [-0.2, -0.15) is 0 Å². The van der Waals surface area contributed by atoms with E-state index in [2.05, 4.69) is 16.1 Å². The summed E-state index contributed by atoms with van der Waals surface area (Å²) in [4.78, 5) is 51.1. The van der Waals surface area contributed by atoms with E-state index in [0.29, 0.717) is 22.5 Å². The molecule has 0 aliphatic carbocycles. The van der Waals surface area contributed by atoms with Crippen molar-refractivity contribution in [1.82, 2.24) is 14.9 Å². The quantitative estimate of drug-likeness (QED) is 0.378. The molecule has 1 fully saturated rings. The number of anilines is 1. The first kappa shape index (κ1) is 23.5. The fraction of sp³-hybridized carbons (Fsp3) is 0.154. The number of hydrogen-bond acceptors (Lipinski definition) is 4. The van der Waals surface area contributed by atoms with Gasteiger partial charge < -0.3 is 10.6 Å². The highest BCUT2D eigenvalue weighted by Crippen LogP contribution is 2.20. The molecule has 2 heterocycles. The molecule has 9 nitrogen and oxygen atoms in total. The number of aromatic nitrogens is 1. The minimum atomic E-state index is -0.674. The third kappa shape index (κ3) is 4.98. The Bertz CT molecular complexity index is 1360. The Morgan fingerprint density at radius 3 is 2.37 bits per heavy atom. The molecule has 1 aliphatic rings. The van der Waals surface area contributed by atoms with E-state index in [9.17, 15) is 19.2 Å². The molecule has 1 aromatic heterocycles. The van der Waals surface area contributed by atoms with E-state index in [1.165, 1.54) is 6.08 Å². The molecule has 35 heavy (non-hydrogen) atoms. The molecule has 4 rings (SSSR count). The summed E-state index contributed by atoms with van der Waals surface area (Å²) in [5, 5.41) is 5.25. The lowest BCUT2D eigenvalue weighted by Gasteiger charge is -2.13. The molecule has 3 N–H and O–H groups in total. The summed E-state index contributed by atoms with van der Waals surface area (Å²) in [5.41, 5.74) is 6.94. The second-order valence-electron chi connectivity index (χ2n) is 8.21. The van der Waals surface area contributed by atoms with Gasteiger partial charge in [0.2, 0.25) is 5.91 Å². The predicted octanol–water partition coefficient (Wildman–Crippen LogP) is 3.33. The molecular formula is C26H25N5O4. The van der Waals surface area contributed by atoms with E-state index in [-0.39, 0.29) is 11.6 Å². The third-order valence-corrected chi connectivity index (χ3v) is 5.70. The maximum absolute atomic E-state index is 12.9. The zero-order valence-corrected chi connectivity index (χ0v) is 19.6. The molecule has 0 atom stereocenters. The largest absolute Gasteiger partial charge is 0.329 e. The minimum Gasteiger partial charge on any atom is -0.324 e. The van der Waals surface area contributed by atoms with Crippen LogP contribution < -0.4 is 16.1 Å². The van der Waals surface area contributed by atoms with Gasteiger partial charge in [0.25, 0.3) is 11.8 Å². The number of rotatable bonds is 6. The molecule has 5 amide bonds. The van der Waals surface area contributed by atoms with Gasteiger partial charge in [0.15, 0.2) is 0 Å². The van der Waals surface area contributed by atoms with Crippen molar-refractivity contribution in [1.29, 1.82) is 0 Å². The van der Waals surface area contributed by atoms with Crippen molar-refractivity contribution in [3.63, 3.8) is 0 Å². The van der Waals surface area contributed by atoms with Crippen LogP contribution in [-0.4, -0.2) is 39.9 Å². The highest BCUT2D eigenvalue weighted by Gasteiger charge is 2.35. The molecule has 1 saturated heterocycles. The van der Waals surface area contributed by atoms with Gasteiger partial charge in [-0.15, -0.1) is 0 Å². The number of para-hydroxylation sites is 1. The highest BCUT2D eigenvalue weighted by atomic mass is 16.2. The Hall–Kier alpha value is -4.66. The number of nitrogens with one attached hydrogen (secondary N) is 3. The van der Waals surface area contributed by atoms with Gasteiger partial charge >= 0.3 is 6.03 Å². The monoisotopic (exact) mass is 471 g/mol. The molecule has 9 heteroatoms. The van der Waals surface area contributed by atoms with Gasteiger partial charge in [0.1, 0.15) is 12.2 Å². The van der Waals surface area contributed by atoms with Crippen molar-refractivity contribution in [3.05, 3.63) is 94.4 Å². The zero-order valence-electron chi connectivity index (χ0n) is 19.6. The average Bonchev–Trinajstić information content (AvgIpc) is 3.25. The first-order chi connectivity index (χ1) is 16.7. The fourth-order valence-electron chi connectivity index (χ4n) is 3.78. The molecule has 0 unspecified atom stereocenters. The Morgan fingerprint density at radius 2 is 1.66 bits per heavy atom. The lowest BCUT2D eigenvalue weighted by molar-refractivity contribution is -0.127. The van der Waals surface area contributed by atoms with Crippen molar-refractivity contribution in [2.24, 2.45) is 0 Å². The third-order valence-electron chi connectivity index (χ3n) is 5.70. The van der Waals surface area contributed by atoms with Gasteiger partial charge in [-0.05, 0) is 62.2 Å². The van der Waals surface area contributed by atoms with Crippen LogP contribution in [0.5, 0.6) is 0 Å². The molecule has 0 saturated carbocycles. The summed E-state index contributed by atoms with van der Waals surface area (Å²) in [7, 11) is 0. The second kappa shape index (κ2) is 9.68. The Balaban J connectivity index is 1.48. The van der Waals surface area contributed by atoms with Crippen LogP contribution in [0.4, 0.5) is 10.5 Å². The summed E-state index contributed by atoms with van der Waals surface area (Å²) in [6, 6.07) is 17.2. The SMILES string of the molecule is Cc1ccccc1NC(=O)CN1C(=O)N/C(=C\c2cc(C)n(NC(=O)c3ccccc3)c2C)C1=O. The van der Waals surface area contributed by atoms with Crippen LogP contribution in [-0.2, 0) is 9.59 Å². The zero-order chi connectivity index (χ0) is 25.1. The van der Waals surface area contributed by atoms with E-state index >= 15 is 0 Å². The summed E-state index contributed by atoms with van der Waals surface area (Å²) in [6.07, 6.45) is 1.53. The molecular weight excluding hydrogens is 446 g/mol. The molecule has 1 aliphatic heterocycles. The number of carbonyl (C=O) groups is 4. The van der Waals surface area contributed by atoms with E-state index in [0.717, 1.165) is 16.2 Å². The first-order valence-corrected chi connectivity index (χ1v) is 11.0. The van der Waals surface area contributed by atoms with Crippen molar-refractivity contribution < 1.29 is 19.2 Å². The predicted molar refractivity (Wildman–Crippen MR) is 132 cm³/mol. The van der Waals surface area contributed by atoms with E-state index in [1.807, 2.05) is 32.0 Å². The van der Waals surface area contributed by atoms with Crippen molar-refractivity contribution >= 4 is 35.5 Å². The Morgan fingerprint density at radius 1 is 0.971 bits per heavy atom. The van der Waals surface area contributed by atoms with Gasteiger partial charge in [-0.25, -0.2) is 9.69 Å². The topological polar surface area (TPSA) is 113 Å². The minimum absolute atomic E-state index is 0.0494. The number of carbonyl (C=O) groups excluding carboxylic acids is 4. The van der Waals surface area contributed by atoms with Crippen molar-refractivity contribution in [2.45, 2.75) is 20.8 Å². The molecule has 178 valence electrons. The van der Waals surface area contributed by atoms with Crippen LogP contribution in [0.15, 0.2) is 66.4 Å². The number of benzene rings is 2. The Labute approximate surface area is 202 Å². The van der Waals surface area contributed by atoms with Crippen LogP contribution in [0.1, 0.15) is 32.9 Å². The average molecular weight is 472 g/mol. The summed E-state index contributed by atoms with van der Waals surface area (Å²) >= 11 is 0. The van der Waals surface area contributed by atoms with Crippen molar-refractivity contribution in [3.8, 4) is 0 Å². The number of imide groups is 1. The second-order valence-corrected chi connectivity index (χ2v) is 8.21. The van der Waals surface area contributed by atoms with E-state index in [1.54, 1.807) is 54.1 Å². The van der Waals surface area contributed by atoms with E-state index < -0.39 is 24.4 Å². The number of hydrogen-bond donors (Lipinski definition) is 3. The molecule has 3 aromatic rings. The van der Waals surface area contributed by atoms with Crippen molar-refractivity contribution in [2.75, 3.05) is 17.3 Å². The molecule has 0 radical (unpaired) electrons. The maximum atomic E-state index is 12.9. The maximum Gasteiger partial charge on any atom is 0.329 e. The highest BCUT2D eigenvalue weighted by molar-refractivity contribution is 6.16. The summed E-state index contributed by atoms with van der Waals surface area (Å²) in [6.45, 7) is 5.04. The standard InChI is InChI=1S/C26H25N5O4/c1-16-9-7-8-12-21(16)27-23(32)15-30-25(34)22(28-26(30)35)14-20-13-17(2)31(18(20)3)29-24(33)19-10-5-4-6-11-19/h4-14H,15H2,1-3H3,(H,27,32)(H,28,35)(H,29,33)/b22-14-. The lowest BCUT2D eigenvalue weighted by Crippen LogP contribution is -2.38. The number of nitrogens with zero attached hydrogens (tertiary/aromatic N) is 2. The van der Waals surface area contributed by atoms with Crippen LogP contribution in [0.2, 0.25) is 0 Å². The number of aryl methyl sites for hydroxylation is 2. The van der Waals surface area contributed by atoms with Crippen LogP contribution in [0.25, 0.3) is 6.08 Å². The normalized spacial score (nSPS) is 14.3. The van der Waals surface area contributed by atoms with Gasteiger partial charge in [-0.1, -0.05) is 36.4 Å².